The summed E-state index contributed by atoms with van der Waals surface area (Å²) in [5.41, 5.74) is 1.87. The first-order valence-electron chi connectivity index (χ1n) is 5.62. The molecule has 1 aromatic carbocycles. The van der Waals surface area contributed by atoms with Crippen LogP contribution in [0.5, 0.6) is 0 Å². The lowest BCUT2D eigenvalue weighted by atomic mass is 10.2. The van der Waals surface area contributed by atoms with E-state index >= 15 is 0 Å². The highest BCUT2D eigenvalue weighted by molar-refractivity contribution is 6.29. The fourth-order valence-electron chi connectivity index (χ4n) is 1.51. The van der Waals surface area contributed by atoms with Crippen molar-refractivity contribution in [3.8, 4) is 0 Å². The van der Waals surface area contributed by atoms with E-state index in [-0.39, 0.29) is 16.8 Å². The van der Waals surface area contributed by atoms with Crippen LogP contribution in [0.4, 0.5) is 11.4 Å². The molecule has 0 spiro atoms. The van der Waals surface area contributed by atoms with Gasteiger partial charge >= 0.3 is 0 Å². The molecule has 2 rings (SSSR count). The molecule has 19 heavy (non-hydrogen) atoms. The highest BCUT2D eigenvalue weighted by atomic mass is 35.5. The molecule has 0 aliphatic heterocycles. The Bertz CT molecular complexity index is 601. The molecule has 0 saturated carbocycles. The number of halogens is 1. The highest BCUT2D eigenvalue weighted by Crippen LogP contribution is 2.17. The second-order valence-corrected chi connectivity index (χ2v) is 4.51. The number of rotatable bonds is 3. The van der Waals surface area contributed by atoms with Gasteiger partial charge in [-0.25, -0.2) is 4.98 Å². The number of hydrogen-bond donors (Lipinski definition) is 1. The van der Waals surface area contributed by atoms with Crippen molar-refractivity contribution < 1.29 is 4.79 Å². The van der Waals surface area contributed by atoms with Gasteiger partial charge in [-0.15, -0.1) is 0 Å². The Morgan fingerprint density at radius 1 is 1.32 bits per heavy atom. The van der Waals surface area contributed by atoms with Gasteiger partial charge in [0.15, 0.2) is 0 Å². The summed E-state index contributed by atoms with van der Waals surface area (Å²) in [6.07, 6.45) is 2.75. The zero-order valence-corrected chi connectivity index (χ0v) is 11.3. The molecular weight excluding hydrogens is 264 g/mol. The third-order valence-corrected chi connectivity index (χ3v) is 2.64. The first-order chi connectivity index (χ1) is 9.06. The summed E-state index contributed by atoms with van der Waals surface area (Å²) in [6, 6.07) is 7.50. The maximum absolute atomic E-state index is 12.0. The largest absolute Gasteiger partial charge is 0.378 e. The number of nitrogens with one attached hydrogen (secondary N) is 1. The monoisotopic (exact) mass is 276 g/mol. The lowest BCUT2D eigenvalue weighted by Crippen LogP contribution is -2.15. The van der Waals surface area contributed by atoms with Crippen LogP contribution in [-0.2, 0) is 0 Å². The number of anilines is 2. The zero-order valence-electron chi connectivity index (χ0n) is 10.6. The molecule has 2 aromatic rings. The molecule has 1 N–H and O–H groups in total. The van der Waals surface area contributed by atoms with Crippen molar-refractivity contribution in [1.82, 2.24) is 9.97 Å². The van der Waals surface area contributed by atoms with E-state index in [1.54, 1.807) is 0 Å². The van der Waals surface area contributed by atoms with Gasteiger partial charge in [-0.2, -0.15) is 0 Å². The van der Waals surface area contributed by atoms with Crippen LogP contribution in [-0.4, -0.2) is 30.0 Å². The molecule has 0 radical (unpaired) electrons. The van der Waals surface area contributed by atoms with Crippen molar-refractivity contribution >= 4 is 28.9 Å². The van der Waals surface area contributed by atoms with E-state index in [1.165, 1.54) is 12.4 Å². The smallest absolute Gasteiger partial charge is 0.275 e. The molecule has 0 bridgehead atoms. The van der Waals surface area contributed by atoms with E-state index in [1.807, 2.05) is 43.3 Å². The zero-order chi connectivity index (χ0) is 13.8. The number of amides is 1. The van der Waals surface area contributed by atoms with Gasteiger partial charge in [0.25, 0.3) is 5.91 Å². The second-order valence-electron chi connectivity index (χ2n) is 4.13. The van der Waals surface area contributed by atoms with Crippen LogP contribution in [0.1, 0.15) is 10.5 Å². The maximum atomic E-state index is 12.0. The molecule has 0 fully saturated rings. The molecular formula is C13H13ClN4O. The normalized spacial score (nSPS) is 10.1. The number of benzene rings is 1. The number of carbonyl (C=O) groups excluding carboxylic acids is 1. The quantitative estimate of drug-likeness (QED) is 0.935. The average molecular weight is 277 g/mol. The van der Waals surface area contributed by atoms with Gasteiger partial charge in [-0.1, -0.05) is 17.7 Å². The average Bonchev–Trinajstić information content (AvgIpc) is 2.39. The van der Waals surface area contributed by atoms with E-state index < -0.39 is 0 Å². The van der Waals surface area contributed by atoms with Crippen LogP contribution in [0.2, 0.25) is 5.15 Å². The molecule has 98 valence electrons. The summed E-state index contributed by atoms with van der Waals surface area (Å²) in [5, 5.41) is 2.94. The van der Waals surface area contributed by atoms with E-state index in [0.717, 1.165) is 5.69 Å². The predicted octanol–water partition coefficient (Wildman–Crippen LogP) is 2.45. The fraction of sp³-hybridized carbons (Fsp3) is 0.154. The first-order valence-corrected chi connectivity index (χ1v) is 6.00. The van der Waals surface area contributed by atoms with Gasteiger partial charge < -0.3 is 10.2 Å². The van der Waals surface area contributed by atoms with E-state index in [2.05, 4.69) is 15.3 Å². The topological polar surface area (TPSA) is 58.1 Å². The minimum atomic E-state index is -0.342. The van der Waals surface area contributed by atoms with Gasteiger partial charge in [0, 0.05) is 25.5 Å². The van der Waals surface area contributed by atoms with Crippen molar-refractivity contribution in [2.24, 2.45) is 0 Å². The van der Waals surface area contributed by atoms with Crippen molar-refractivity contribution in [2.75, 3.05) is 24.3 Å². The predicted molar refractivity (Wildman–Crippen MR) is 75.8 cm³/mol. The summed E-state index contributed by atoms with van der Waals surface area (Å²) in [6.45, 7) is 0. The molecule has 1 aromatic heterocycles. The number of nitrogens with zero attached hydrogens (tertiary/aromatic N) is 3. The Labute approximate surface area is 116 Å². The first kappa shape index (κ1) is 13.3. The Balaban J connectivity index is 2.17. The third-order valence-electron chi connectivity index (χ3n) is 2.46. The lowest BCUT2D eigenvalue weighted by Gasteiger charge is -2.13. The number of hydrogen-bond acceptors (Lipinski definition) is 4. The molecule has 0 unspecified atom stereocenters. The molecule has 1 amide bonds. The van der Waals surface area contributed by atoms with Gasteiger partial charge in [0.1, 0.15) is 10.8 Å². The van der Waals surface area contributed by atoms with Gasteiger partial charge in [0.2, 0.25) is 0 Å². The maximum Gasteiger partial charge on any atom is 0.275 e. The van der Waals surface area contributed by atoms with Gasteiger partial charge in [-0.3, -0.25) is 9.78 Å². The Morgan fingerprint density at radius 2 is 2.11 bits per heavy atom. The molecule has 0 saturated heterocycles. The lowest BCUT2D eigenvalue weighted by molar-refractivity contribution is 0.102. The van der Waals surface area contributed by atoms with E-state index in [9.17, 15) is 4.79 Å². The summed E-state index contributed by atoms with van der Waals surface area (Å²) in [4.78, 5) is 21.7. The second kappa shape index (κ2) is 5.67. The van der Waals surface area contributed by atoms with Crippen molar-refractivity contribution in [3.05, 3.63) is 47.5 Å². The van der Waals surface area contributed by atoms with Crippen LogP contribution in [0.25, 0.3) is 0 Å². The van der Waals surface area contributed by atoms with Crippen LogP contribution >= 0.6 is 11.6 Å². The van der Waals surface area contributed by atoms with Crippen LogP contribution in [0, 0.1) is 0 Å². The fourth-order valence-corrected chi connectivity index (χ4v) is 1.66. The molecule has 5 nitrogen and oxygen atoms in total. The summed E-state index contributed by atoms with van der Waals surface area (Å²) in [7, 11) is 3.87. The summed E-state index contributed by atoms with van der Waals surface area (Å²) in [5.74, 6) is -0.342. The minimum Gasteiger partial charge on any atom is -0.378 e. The summed E-state index contributed by atoms with van der Waals surface area (Å²) >= 11 is 5.70. The van der Waals surface area contributed by atoms with Crippen molar-refractivity contribution in [1.29, 1.82) is 0 Å². The third kappa shape index (κ3) is 3.42. The van der Waals surface area contributed by atoms with E-state index in [0.29, 0.717) is 5.69 Å². The van der Waals surface area contributed by atoms with Gasteiger partial charge in [-0.05, 0) is 18.2 Å². The number of aromatic nitrogens is 2. The molecule has 6 heteroatoms. The van der Waals surface area contributed by atoms with Crippen LogP contribution < -0.4 is 10.2 Å². The number of carbonyl (C=O) groups is 1. The van der Waals surface area contributed by atoms with Crippen molar-refractivity contribution in [2.45, 2.75) is 0 Å². The highest BCUT2D eigenvalue weighted by Gasteiger charge is 2.09. The minimum absolute atomic E-state index is 0.183. The van der Waals surface area contributed by atoms with E-state index in [4.69, 9.17) is 11.6 Å². The standard InChI is InChI=1S/C13H13ClN4O/c1-18(2)10-5-3-4-9(6-10)16-13(19)11-7-15-8-12(14)17-11/h3-8H,1-2H3,(H,16,19). The van der Waals surface area contributed by atoms with Crippen LogP contribution in [0.15, 0.2) is 36.7 Å². The molecule has 1 heterocycles. The molecule has 0 aliphatic rings. The SMILES string of the molecule is CN(C)c1cccc(NC(=O)c2cncc(Cl)n2)c1. The van der Waals surface area contributed by atoms with Gasteiger partial charge in [0.05, 0.1) is 12.4 Å². The Hall–Kier alpha value is -2.14. The Morgan fingerprint density at radius 3 is 2.79 bits per heavy atom. The summed E-state index contributed by atoms with van der Waals surface area (Å²) < 4.78 is 0. The Kier molecular flexibility index (Phi) is 3.97. The van der Waals surface area contributed by atoms with Crippen LogP contribution in [0.3, 0.4) is 0 Å². The molecule has 0 atom stereocenters. The van der Waals surface area contributed by atoms with Crippen molar-refractivity contribution in [3.63, 3.8) is 0 Å². The molecule has 0 aliphatic carbocycles.